The summed E-state index contributed by atoms with van der Waals surface area (Å²) in [4.78, 5) is 35.7. The zero-order valence-electron chi connectivity index (χ0n) is 11.1. The number of ether oxygens (including phenoxy) is 2. The number of halogens is 1. The molecule has 0 aromatic heterocycles. The van der Waals surface area contributed by atoms with Crippen LogP contribution < -0.4 is 0 Å². The Bertz CT molecular complexity index is 334. The minimum absolute atomic E-state index is 0.346. The molecule has 2 amide bonds. The third kappa shape index (κ3) is 3.99. The van der Waals surface area contributed by atoms with Crippen LogP contribution in [-0.4, -0.2) is 53.9 Å². The SMILES string of the molecule is CCCOC1C(=O)N(CC(=O)Cl)C(=O)C1OCCC. The molecule has 1 fully saturated rings. The van der Waals surface area contributed by atoms with Crippen LogP contribution in [0.15, 0.2) is 0 Å². The van der Waals surface area contributed by atoms with E-state index < -0.39 is 35.8 Å². The lowest BCUT2D eigenvalue weighted by Gasteiger charge is -2.15. The number of carbonyl (C=O) groups excluding carboxylic acids is 3. The number of nitrogens with zero attached hydrogens (tertiary/aromatic N) is 1. The molecule has 0 saturated carbocycles. The molecule has 0 bridgehead atoms. The molecule has 0 aromatic rings. The fourth-order valence-corrected chi connectivity index (χ4v) is 1.88. The molecule has 7 heteroatoms. The summed E-state index contributed by atoms with van der Waals surface area (Å²) in [7, 11) is 0. The van der Waals surface area contributed by atoms with E-state index in [-0.39, 0.29) is 0 Å². The van der Waals surface area contributed by atoms with E-state index in [0.717, 1.165) is 4.90 Å². The maximum absolute atomic E-state index is 12.0. The molecule has 0 N–H and O–H groups in total. The van der Waals surface area contributed by atoms with Gasteiger partial charge in [0.1, 0.15) is 6.54 Å². The van der Waals surface area contributed by atoms with Crippen LogP contribution in [0, 0.1) is 0 Å². The van der Waals surface area contributed by atoms with Gasteiger partial charge in [0.25, 0.3) is 11.8 Å². The van der Waals surface area contributed by atoms with Gasteiger partial charge < -0.3 is 9.47 Å². The van der Waals surface area contributed by atoms with Crippen molar-refractivity contribution >= 4 is 28.7 Å². The number of hydrogen-bond acceptors (Lipinski definition) is 5. The Morgan fingerprint density at radius 2 is 1.53 bits per heavy atom. The van der Waals surface area contributed by atoms with Crippen molar-refractivity contribution in [3.8, 4) is 0 Å². The van der Waals surface area contributed by atoms with E-state index in [9.17, 15) is 14.4 Å². The first-order chi connectivity index (χ1) is 9.02. The van der Waals surface area contributed by atoms with Crippen molar-refractivity contribution in [2.75, 3.05) is 19.8 Å². The zero-order chi connectivity index (χ0) is 14.4. The maximum Gasteiger partial charge on any atom is 0.262 e. The predicted molar refractivity (Wildman–Crippen MR) is 67.6 cm³/mol. The molecule has 1 aliphatic rings. The van der Waals surface area contributed by atoms with Gasteiger partial charge in [-0.1, -0.05) is 13.8 Å². The maximum atomic E-state index is 12.0. The van der Waals surface area contributed by atoms with Gasteiger partial charge in [-0.15, -0.1) is 0 Å². The Morgan fingerprint density at radius 1 is 1.11 bits per heavy atom. The second kappa shape index (κ2) is 7.57. The molecule has 19 heavy (non-hydrogen) atoms. The van der Waals surface area contributed by atoms with Crippen molar-refractivity contribution in [1.82, 2.24) is 4.90 Å². The Balaban J connectivity index is 2.81. The highest BCUT2D eigenvalue weighted by Gasteiger charge is 2.49. The monoisotopic (exact) mass is 291 g/mol. The number of hydrogen-bond donors (Lipinski definition) is 0. The van der Waals surface area contributed by atoms with Gasteiger partial charge in [-0.05, 0) is 24.4 Å². The van der Waals surface area contributed by atoms with Crippen molar-refractivity contribution in [2.24, 2.45) is 0 Å². The van der Waals surface area contributed by atoms with E-state index in [2.05, 4.69) is 0 Å². The van der Waals surface area contributed by atoms with Gasteiger partial charge in [-0.3, -0.25) is 19.3 Å². The van der Waals surface area contributed by atoms with E-state index in [1.54, 1.807) is 0 Å². The first-order valence-electron chi connectivity index (χ1n) is 6.29. The van der Waals surface area contributed by atoms with E-state index in [4.69, 9.17) is 21.1 Å². The Labute approximate surface area is 117 Å². The highest BCUT2D eigenvalue weighted by molar-refractivity contribution is 6.64. The van der Waals surface area contributed by atoms with Crippen LogP contribution in [0.5, 0.6) is 0 Å². The van der Waals surface area contributed by atoms with Gasteiger partial charge in [0.15, 0.2) is 12.2 Å². The Hall–Kier alpha value is -0.980. The number of rotatable bonds is 8. The molecule has 1 rings (SSSR count). The average molecular weight is 292 g/mol. The standard InChI is InChI=1S/C12H18ClNO5/c1-3-5-18-9-10(19-6-4-2)12(17)14(11(9)16)7-8(13)15/h9-10H,3-7H2,1-2H3. The molecule has 0 spiro atoms. The quantitative estimate of drug-likeness (QED) is 0.486. The van der Waals surface area contributed by atoms with Crippen LogP contribution >= 0.6 is 11.6 Å². The summed E-state index contributed by atoms with van der Waals surface area (Å²) in [5.41, 5.74) is 0. The largest absolute Gasteiger partial charge is 0.365 e. The van der Waals surface area contributed by atoms with Gasteiger partial charge in [-0.2, -0.15) is 0 Å². The smallest absolute Gasteiger partial charge is 0.262 e. The third-order valence-corrected chi connectivity index (χ3v) is 2.70. The van der Waals surface area contributed by atoms with E-state index in [0.29, 0.717) is 26.1 Å². The topological polar surface area (TPSA) is 72.9 Å². The van der Waals surface area contributed by atoms with E-state index >= 15 is 0 Å². The van der Waals surface area contributed by atoms with Gasteiger partial charge >= 0.3 is 0 Å². The Morgan fingerprint density at radius 3 is 1.84 bits per heavy atom. The summed E-state index contributed by atoms with van der Waals surface area (Å²) in [5, 5.41) is -0.771. The highest BCUT2D eigenvalue weighted by atomic mass is 35.5. The summed E-state index contributed by atoms with van der Waals surface area (Å²) >= 11 is 5.23. The first kappa shape index (κ1) is 16.1. The Kier molecular flexibility index (Phi) is 6.41. The average Bonchev–Trinajstić information content (AvgIpc) is 2.58. The van der Waals surface area contributed by atoms with Crippen molar-refractivity contribution < 1.29 is 23.9 Å². The molecule has 6 nitrogen and oxygen atoms in total. The highest BCUT2D eigenvalue weighted by Crippen LogP contribution is 2.20. The number of likely N-dealkylation sites (tertiary alicyclic amines) is 1. The lowest BCUT2D eigenvalue weighted by atomic mass is 10.2. The fraction of sp³-hybridized carbons (Fsp3) is 0.750. The summed E-state index contributed by atoms with van der Waals surface area (Å²) in [6.45, 7) is 4.03. The van der Waals surface area contributed by atoms with Crippen LogP contribution in [-0.2, 0) is 23.9 Å². The predicted octanol–water partition coefficient (Wildman–Crippen LogP) is 0.711. The molecule has 0 aromatic carbocycles. The van der Waals surface area contributed by atoms with Gasteiger partial charge in [-0.25, -0.2) is 0 Å². The lowest BCUT2D eigenvalue weighted by molar-refractivity contribution is -0.144. The van der Waals surface area contributed by atoms with Crippen molar-refractivity contribution in [3.05, 3.63) is 0 Å². The third-order valence-electron chi connectivity index (χ3n) is 2.58. The molecule has 108 valence electrons. The second-order valence-corrected chi connectivity index (χ2v) is 4.62. The zero-order valence-corrected chi connectivity index (χ0v) is 11.8. The minimum Gasteiger partial charge on any atom is -0.365 e. The fourth-order valence-electron chi connectivity index (χ4n) is 1.76. The van der Waals surface area contributed by atoms with Crippen LogP contribution in [0.2, 0.25) is 0 Å². The van der Waals surface area contributed by atoms with Gasteiger partial charge in [0.2, 0.25) is 5.24 Å². The summed E-state index contributed by atoms with van der Waals surface area (Å²) in [6.07, 6.45) is -0.523. The van der Waals surface area contributed by atoms with Crippen LogP contribution in [0.25, 0.3) is 0 Å². The summed E-state index contributed by atoms with van der Waals surface area (Å²) in [6, 6.07) is 0. The molecule has 1 aliphatic heterocycles. The normalized spacial score (nSPS) is 23.2. The van der Waals surface area contributed by atoms with Crippen molar-refractivity contribution in [1.29, 1.82) is 0 Å². The molecular weight excluding hydrogens is 274 g/mol. The van der Waals surface area contributed by atoms with Crippen molar-refractivity contribution in [2.45, 2.75) is 38.9 Å². The lowest BCUT2D eigenvalue weighted by Crippen LogP contribution is -2.36. The minimum atomic E-state index is -0.977. The van der Waals surface area contributed by atoms with Crippen LogP contribution in [0.4, 0.5) is 0 Å². The molecular formula is C12H18ClNO5. The molecule has 1 heterocycles. The van der Waals surface area contributed by atoms with Gasteiger partial charge in [0.05, 0.1) is 0 Å². The number of carbonyl (C=O) groups is 3. The molecule has 2 atom stereocenters. The number of amides is 2. The van der Waals surface area contributed by atoms with Crippen LogP contribution in [0.1, 0.15) is 26.7 Å². The summed E-state index contributed by atoms with van der Waals surface area (Å²) in [5.74, 6) is -1.12. The molecule has 0 aliphatic carbocycles. The van der Waals surface area contributed by atoms with Crippen LogP contribution in [0.3, 0.4) is 0 Å². The van der Waals surface area contributed by atoms with Crippen molar-refractivity contribution in [3.63, 3.8) is 0 Å². The first-order valence-corrected chi connectivity index (χ1v) is 6.67. The molecule has 1 saturated heterocycles. The van der Waals surface area contributed by atoms with Gasteiger partial charge in [0, 0.05) is 13.2 Å². The second-order valence-electron chi connectivity index (χ2n) is 4.20. The number of imide groups is 1. The van der Waals surface area contributed by atoms with E-state index in [1.165, 1.54) is 0 Å². The molecule has 0 radical (unpaired) electrons. The van der Waals surface area contributed by atoms with E-state index in [1.807, 2.05) is 13.8 Å². The molecule has 2 unspecified atom stereocenters. The summed E-state index contributed by atoms with van der Waals surface area (Å²) < 4.78 is 10.7.